The third-order valence-electron chi connectivity index (χ3n) is 1.25. The summed E-state index contributed by atoms with van der Waals surface area (Å²) in [5, 5.41) is 25.5. The average molecular weight is 249 g/mol. The van der Waals surface area contributed by atoms with Gasteiger partial charge in [0.2, 0.25) is 0 Å². The van der Waals surface area contributed by atoms with Crippen LogP contribution < -0.4 is 0 Å². The second kappa shape index (κ2) is 14.6. The molecule has 0 unspecified atom stereocenters. The number of aliphatic hydroxyl groups is 3. The zero-order valence-electron chi connectivity index (χ0n) is 7.82. The van der Waals surface area contributed by atoms with Gasteiger partial charge in [-0.05, 0) is 0 Å². The number of hydrogen-bond donors (Lipinski definition) is 3. The molecule has 0 aromatic carbocycles. The normalized spacial score (nSPS) is 9.31. The van der Waals surface area contributed by atoms with Crippen LogP contribution in [0.15, 0.2) is 11.5 Å². The van der Waals surface area contributed by atoms with Gasteiger partial charge in [-0.15, -0.1) is 0 Å². The second-order valence-corrected chi connectivity index (χ2v) is 3.07. The summed E-state index contributed by atoms with van der Waals surface area (Å²) in [5.74, 6) is 0. The van der Waals surface area contributed by atoms with E-state index in [1.807, 2.05) is 16.5 Å². The molecular formula is C8H18GeNO3. The van der Waals surface area contributed by atoms with Crippen molar-refractivity contribution in [1.29, 1.82) is 0 Å². The van der Waals surface area contributed by atoms with Crippen LogP contribution >= 0.6 is 0 Å². The van der Waals surface area contributed by atoms with Gasteiger partial charge >= 0.3 is 28.0 Å². The van der Waals surface area contributed by atoms with E-state index in [0.29, 0.717) is 19.6 Å². The third kappa shape index (κ3) is 14.9. The minimum Gasteiger partial charge on any atom is -0.395 e. The fraction of sp³-hybridized carbons (Fsp3) is 0.750. The molecule has 0 aromatic rings. The van der Waals surface area contributed by atoms with Crippen LogP contribution in [0.3, 0.4) is 0 Å². The molecule has 3 N–H and O–H groups in total. The number of rotatable bonds is 6. The fourth-order valence-electron chi connectivity index (χ4n) is 0.760. The Morgan fingerprint density at radius 1 is 1.00 bits per heavy atom. The standard InChI is InChI=1S/C6H15NO3.C2H3Ge/c8-4-1-7(2-5-9)3-6-10;1-2-3/h8-10H,1-6H2;2H,1H2. The fourth-order valence-corrected chi connectivity index (χ4v) is 0.760. The van der Waals surface area contributed by atoms with E-state index < -0.39 is 0 Å². The van der Waals surface area contributed by atoms with Gasteiger partial charge < -0.3 is 15.3 Å². The monoisotopic (exact) mass is 250 g/mol. The summed E-state index contributed by atoms with van der Waals surface area (Å²) in [4.78, 5) is 3.54. The Morgan fingerprint density at radius 2 is 1.23 bits per heavy atom. The molecule has 0 aromatic heterocycles. The Bertz CT molecular complexity index is 89.1. The molecule has 4 nitrogen and oxygen atoms in total. The first-order chi connectivity index (χ1) is 6.26. The van der Waals surface area contributed by atoms with Crippen molar-refractivity contribution < 1.29 is 15.3 Å². The Morgan fingerprint density at radius 3 is 1.38 bits per heavy atom. The van der Waals surface area contributed by atoms with Gasteiger partial charge in [-0.3, -0.25) is 4.90 Å². The Hall–Kier alpha value is 0.123. The van der Waals surface area contributed by atoms with Crippen LogP contribution in [0.2, 0.25) is 0 Å². The predicted molar refractivity (Wildman–Crippen MR) is 53.6 cm³/mol. The number of hydrogen-bond acceptors (Lipinski definition) is 4. The molecule has 0 amide bonds. The maximum Gasteiger partial charge on any atom is 0.0558 e. The molecule has 0 aliphatic rings. The minimum atomic E-state index is 0.0694. The van der Waals surface area contributed by atoms with Crippen LogP contribution in [0, 0.1) is 0 Å². The molecule has 3 radical (unpaired) electrons. The van der Waals surface area contributed by atoms with Crippen molar-refractivity contribution >= 4 is 16.5 Å². The number of nitrogens with zero attached hydrogens (tertiary/aromatic N) is 1. The van der Waals surface area contributed by atoms with Gasteiger partial charge in [0.15, 0.2) is 0 Å². The van der Waals surface area contributed by atoms with E-state index >= 15 is 0 Å². The summed E-state index contributed by atoms with van der Waals surface area (Å²) in [7, 11) is 0. The topological polar surface area (TPSA) is 63.9 Å². The summed E-state index contributed by atoms with van der Waals surface area (Å²) in [6.45, 7) is 5.11. The molecule has 77 valence electrons. The molecule has 0 spiro atoms. The van der Waals surface area contributed by atoms with Crippen LogP contribution in [0.25, 0.3) is 0 Å². The second-order valence-electron chi connectivity index (χ2n) is 2.22. The summed E-state index contributed by atoms with van der Waals surface area (Å²) in [6, 6.07) is 0. The van der Waals surface area contributed by atoms with Crippen LogP contribution in [0.4, 0.5) is 0 Å². The number of aliphatic hydroxyl groups excluding tert-OH is 3. The maximum atomic E-state index is 8.48. The van der Waals surface area contributed by atoms with Crippen molar-refractivity contribution in [1.82, 2.24) is 4.90 Å². The largest absolute Gasteiger partial charge is 0.395 e. The molecule has 5 heteroatoms. The van der Waals surface area contributed by atoms with Gasteiger partial charge in [0.25, 0.3) is 0 Å². The quantitative estimate of drug-likeness (QED) is 0.504. The van der Waals surface area contributed by atoms with Crippen LogP contribution in [0.5, 0.6) is 0 Å². The smallest absolute Gasteiger partial charge is 0.0558 e. The molecular weight excluding hydrogens is 231 g/mol. The maximum absolute atomic E-state index is 8.48. The molecule has 0 saturated heterocycles. The SMILES string of the molecule is C=[CH][Ge].OCCN(CCO)CCO. The summed E-state index contributed by atoms with van der Waals surface area (Å²) >= 11 is 1.89. The molecule has 0 heterocycles. The summed E-state index contributed by atoms with van der Waals surface area (Å²) in [5.41, 5.74) is 0. The molecule has 0 atom stereocenters. The molecule has 0 bridgehead atoms. The van der Waals surface area contributed by atoms with Crippen molar-refractivity contribution in [3.63, 3.8) is 0 Å². The molecule has 0 aliphatic carbocycles. The van der Waals surface area contributed by atoms with Gasteiger partial charge in [0.05, 0.1) is 19.8 Å². The van der Waals surface area contributed by atoms with E-state index in [-0.39, 0.29) is 19.8 Å². The van der Waals surface area contributed by atoms with E-state index in [4.69, 9.17) is 15.3 Å². The van der Waals surface area contributed by atoms with E-state index in [1.165, 1.54) is 0 Å². The zero-order chi connectivity index (χ0) is 10.5. The van der Waals surface area contributed by atoms with Gasteiger partial charge in [-0.1, -0.05) is 0 Å². The Balaban J connectivity index is 0. The van der Waals surface area contributed by atoms with E-state index in [9.17, 15) is 0 Å². The predicted octanol–water partition coefficient (Wildman–Crippen LogP) is -1.44. The van der Waals surface area contributed by atoms with Crippen molar-refractivity contribution in [2.45, 2.75) is 0 Å². The average Bonchev–Trinajstić information content (AvgIpc) is 2.07. The van der Waals surface area contributed by atoms with Gasteiger partial charge in [-0.2, -0.15) is 0 Å². The van der Waals surface area contributed by atoms with E-state index in [2.05, 4.69) is 6.58 Å². The Kier molecular flexibility index (Phi) is 17.6. The summed E-state index contributed by atoms with van der Waals surface area (Å²) in [6.07, 6.45) is 0. The molecule has 13 heavy (non-hydrogen) atoms. The Labute approximate surface area is 88.1 Å². The van der Waals surface area contributed by atoms with Crippen LogP contribution in [-0.2, 0) is 0 Å². The van der Waals surface area contributed by atoms with E-state index in [1.54, 1.807) is 9.81 Å². The molecule has 0 saturated carbocycles. The first kappa shape index (κ1) is 15.6. The first-order valence-electron chi connectivity index (χ1n) is 4.09. The van der Waals surface area contributed by atoms with Crippen LogP contribution in [0.1, 0.15) is 0 Å². The minimum absolute atomic E-state index is 0.0694. The molecule has 0 rings (SSSR count). The van der Waals surface area contributed by atoms with Gasteiger partial charge in [-0.25, -0.2) is 0 Å². The van der Waals surface area contributed by atoms with Gasteiger partial charge in [0, 0.05) is 19.6 Å². The molecule has 0 aliphatic heterocycles. The van der Waals surface area contributed by atoms with Crippen molar-refractivity contribution in [2.75, 3.05) is 39.5 Å². The molecule has 0 fully saturated rings. The van der Waals surface area contributed by atoms with E-state index in [0.717, 1.165) is 0 Å². The van der Waals surface area contributed by atoms with Crippen LogP contribution in [-0.4, -0.2) is 76.2 Å². The third-order valence-corrected chi connectivity index (χ3v) is 1.25. The van der Waals surface area contributed by atoms with Crippen molar-refractivity contribution in [3.8, 4) is 0 Å². The van der Waals surface area contributed by atoms with Gasteiger partial charge in [0.1, 0.15) is 0 Å². The summed E-state index contributed by atoms with van der Waals surface area (Å²) < 4.78 is 0. The van der Waals surface area contributed by atoms with Crippen molar-refractivity contribution in [3.05, 3.63) is 11.5 Å². The first-order valence-corrected chi connectivity index (χ1v) is 5.31. The van der Waals surface area contributed by atoms with Crippen molar-refractivity contribution in [2.24, 2.45) is 0 Å². The zero-order valence-corrected chi connectivity index (χ0v) is 9.91.